The van der Waals surface area contributed by atoms with Crippen LogP contribution < -0.4 is 5.32 Å². The summed E-state index contributed by atoms with van der Waals surface area (Å²) in [6.07, 6.45) is -8.26. The van der Waals surface area contributed by atoms with Gasteiger partial charge in [0, 0.05) is 9.77 Å². The molecule has 0 aliphatic heterocycles. The van der Waals surface area contributed by atoms with Crippen molar-refractivity contribution in [3.63, 3.8) is 0 Å². The van der Waals surface area contributed by atoms with Crippen LogP contribution >= 0.6 is 22.6 Å². The minimum absolute atomic E-state index is 0.0245. The molecule has 0 saturated carbocycles. The van der Waals surface area contributed by atoms with Crippen LogP contribution in [0.15, 0.2) is 66.9 Å². The van der Waals surface area contributed by atoms with Crippen LogP contribution in [0.2, 0.25) is 0 Å². The second kappa shape index (κ2) is 8.85. The van der Waals surface area contributed by atoms with E-state index in [2.05, 4.69) is 10.3 Å². The van der Waals surface area contributed by atoms with Crippen molar-refractivity contribution in [3.05, 3.63) is 98.4 Å². The van der Waals surface area contributed by atoms with Crippen LogP contribution in [0.5, 0.6) is 0 Å². The molecular formula is C21H13F6IN2O. The zero-order valence-corrected chi connectivity index (χ0v) is 17.6. The van der Waals surface area contributed by atoms with Crippen molar-refractivity contribution < 1.29 is 31.1 Å². The van der Waals surface area contributed by atoms with Gasteiger partial charge in [-0.1, -0.05) is 24.3 Å². The molecule has 3 aromatic rings. The molecule has 162 valence electrons. The van der Waals surface area contributed by atoms with E-state index in [4.69, 9.17) is 0 Å². The van der Waals surface area contributed by atoms with Crippen LogP contribution in [0.4, 0.5) is 26.3 Å². The number of hydrogen-bond acceptors (Lipinski definition) is 2. The number of alkyl halides is 6. The van der Waals surface area contributed by atoms with Crippen LogP contribution in [-0.4, -0.2) is 10.9 Å². The highest BCUT2D eigenvalue weighted by Gasteiger charge is 2.37. The third-order valence-corrected chi connectivity index (χ3v) is 5.32. The highest BCUT2D eigenvalue weighted by atomic mass is 127. The minimum atomic E-state index is -4.78. The van der Waals surface area contributed by atoms with E-state index in [1.54, 1.807) is 18.2 Å². The molecule has 0 aliphatic carbocycles. The first-order valence-electron chi connectivity index (χ1n) is 8.73. The monoisotopic (exact) mass is 550 g/mol. The fourth-order valence-corrected chi connectivity index (χ4v) is 3.55. The van der Waals surface area contributed by atoms with Crippen molar-refractivity contribution in [1.29, 1.82) is 0 Å². The van der Waals surface area contributed by atoms with E-state index < -0.39 is 41.1 Å². The molecule has 3 nitrogen and oxygen atoms in total. The van der Waals surface area contributed by atoms with E-state index in [1.165, 1.54) is 6.07 Å². The summed E-state index contributed by atoms with van der Waals surface area (Å²) < 4.78 is 80.0. The Morgan fingerprint density at radius 1 is 0.871 bits per heavy atom. The number of pyridine rings is 1. The Kier molecular flexibility index (Phi) is 6.58. The number of rotatable bonds is 4. The van der Waals surface area contributed by atoms with E-state index in [1.807, 2.05) is 22.6 Å². The standard InChI is InChI=1S/C21H13F6IN2O/c22-20(23,24)13-9-7-12(8-10-13)17(18-15(21(25,26)27)5-3-11-29-18)30-19(31)14-4-1-2-6-16(14)28/h1-11,17H,(H,30,31)/t17-/m0/s1. The van der Waals surface area contributed by atoms with Crippen molar-refractivity contribution >= 4 is 28.5 Å². The maximum absolute atomic E-state index is 13.6. The van der Waals surface area contributed by atoms with Crippen molar-refractivity contribution in [1.82, 2.24) is 10.3 Å². The molecule has 1 atom stereocenters. The highest BCUT2D eigenvalue weighted by Crippen LogP contribution is 2.36. The van der Waals surface area contributed by atoms with Crippen LogP contribution in [0.3, 0.4) is 0 Å². The zero-order valence-electron chi connectivity index (χ0n) is 15.4. The van der Waals surface area contributed by atoms with Gasteiger partial charge in [-0.15, -0.1) is 0 Å². The average Bonchev–Trinajstić information content (AvgIpc) is 2.71. The quantitative estimate of drug-likeness (QED) is 0.309. The Balaban J connectivity index is 2.09. The molecule has 0 spiro atoms. The summed E-state index contributed by atoms with van der Waals surface area (Å²) >= 11 is 1.90. The van der Waals surface area contributed by atoms with Gasteiger partial charge in [0.05, 0.1) is 28.4 Å². The zero-order chi connectivity index (χ0) is 22.8. The summed E-state index contributed by atoms with van der Waals surface area (Å²) in [6, 6.07) is 10.4. The molecule has 1 N–H and O–H groups in total. The van der Waals surface area contributed by atoms with E-state index in [0.717, 1.165) is 42.6 Å². The number of amides is 1. The largest absolute Gasteiger partial charge is 0.418 e. The van der Waals surface area contributed by atoms with Gasteiger partial charge in [-0.3, -0.25) is 9.78 Å². The molecule has 31 heavy (non-hydrogen) atoms. The maximum atomic E-state index is 13.6. The molecule has 0 saturated heterocycles. The molecule has 0 aliphatic rings. The lowest BCUT2D eigenvalue weighted by atomic mass is 9.97. The van der Waals surface area contributed by atoms with E-state index >= 15 is 0 Å². The fourth-order valence-electron chi connectivity index (χ4n) is 2.92. The average molecular weight is 550 g/mol. The number of nitrogens with one attached hydrogen (secondary N) is 1. The van der Waals surface area contributed by atoms with Gasteiger partial charge >= 0.3 is 12.4 Å². The number of carbonyl (C=O) groups excluding carboxylic acids is 1. The summed E-state index contributed by atoms with van der Waals surface area (Å²) in [5, 5.41) is 2.49. The number of hydrogen-bond donors (Lipinski definition) is 1. The lowest BCUT2D eigenvalue weighted by molar-refractivity contribution is -0.139. The molecule has 2 aromatic carbocycles. The van der Waals surface area contributed by atoms with Crippen LogP contribution in [0.25, 0.3) is 0 Å². The molecule has 0 fully saturated rings. The molecule has 3 rings (SSSR count). The minimum Gasteiger partial charge on any atom is -0.339 e. The van der Waals surface area contributed by atoms with Crippen molar-refractivity contribution in [2.24, 2.45) is 0 Å². The summed E-state index contributed by atoms with van der Waals surface area (Å²) in [7, 11) is 0. The fraction of sp³-hybridized carbons (Fsp3) is 0.143. The van der Waals surface area contributed by atoms with Crippen molar-refractivity contribution in [3.8, 4) is 0 Å². The maximum Gasteiger partial charge on any atom is 0.418 e. The third kappa shape index (κ3) is 5.35. The van der Waals surface area contributed by atoms with Gasteiger partial charge in [0.1, 0.15) is 0 Å². The molecular weight excluding hydrogens is 537 g/mol. The predicted molar refractivity (Wildman–Crippen MR) is 109 cm³/mol. The Hall–Kier alpha value is -2.63. The molecule has 0 unspecified atom stereocenters. The molecule has 10 heteroatoms. The molecule has 1 amide bonds. The van der Waals surface area contributed by atoms with Gasteiger partial charge in [-0.25, -0.2) is 0 Å². The Morgan fingerprint density at radius 2 is 1.52 bits per heavy atom. The van der Waals surface area contributed by atoms with Crippen LogP contribution in [0, 0.1) is 3.57 Å². The first kappa shape index (κ1) is 23.0. The van der Waals surface area contributed by atoms with E-state index in [0.29, 0.717) is 3.57 Å². The normalized spacial score (nSPS) is 13.0. The van der Waals surface area contributed by atoms with Crippen molar-refractivity contribution in [2.45, 2.75) is 18.4 Å². The number of halogens is 7. The topological polar surface area (TPSA) is 42.0 Å². The van der Waals surface area contributed by atoms with Crippen molar-refractivity contribution in [2.75, 3.05) is 0 Å². The van der Waals surface area contributed by atoms with E-state index in [9.17, 15) is 31.1 Å². The Bertz CT molecular complexity index is 1080. The summed E-state index contributed by atoms with van der Waals surface area (Å²) in [4.78, 5) is 16.6. The lowest BCUT2D eigenvalue weighted by Gasteiger charge is -2.23. The van der Waals surface area contributed by atoms with Gasteiger partial charge in [-0.05, 0) is 64.6 Å². The summed E-state index contributed by atoms with van der Waals surface area (Å²) in [6.45, 7) is 0. The lowest BCUT2D eigenvalue weighted by Crippen LogP contribution is -2.32. The molecule has 1 heterocycles. The first-order valence-corrected chi connectivity index (χ1v) is 9.81. The summed E-state index contributed by atoms with van der Waals surface area (Å²) in [5.74, 6) is -0.686. The van der Waals surface area contributed by atoms with E-state index in [-0.39, 0.29) is 11.1 Å². The van der Waals surface area contributed by atoms with Gasteiger partial charge in [0.15, 0.2) is 0 Å². The second-order valence-corrected chi connectivity index (χ2v) is 7.60. The number of nitrogens with zero attached hydrogens (tertiary/aromatic N) is 1. The van der Waals surface area contributed by atoms with Crippen LogP contribution in [0.1, 0.15) is 38.8 Å². The predicted octanol–water partition coefficient (Wildman–Crippen LogP) is 6.24. The molecule has 1 aromatic heterocycles. The smallest absolute Gasteiger partial charge is 0.339 e. The molecule has 0 bridgehead atoms. The second-order valence-electron chi connectivity index (χ2n) is 6.44. The SMILES string of the molecule is O=C(N[C@@H](c1ccc(C(F)(F)F)cc1)c1ncccc1C(F)(F)F)c1ccccc1I. The van der Waals surface area contributed by atoms with Gasteiger partial charge in [0.25, 0.3) is 5.91 Å². The molecule has 0 radical (unpaired) electrons. The number of aromatic nitrogens is 1. The number of benzene rings is 2. The van der Waals surface area contributed by atoms with Gasteiger partial charge < -0.3 is 5.32 Å². The summed E-state index contributed by atoms with van der Waals surface area (Å²) in [5.41, 5.74) is -2.34. The Morgan fingerprint density at radius 3 is 2.10 bits per heavy atom. The first-order chi connectivity index (χ1) is 14.5. The third-order valence-electron chi connectivity index (χ3n) is 4.38. The van der Waals surface area contributed by atoms with Gasteiger partial charge in [0.2, 0.25) is 0 Å². The Labute approximate surface area is 186 Å². The highest BCUT2D eigenvalue weighted by molar-refractivity contribution is 14.1. The van der Waals surface area contributed by atoms with Crippen LogP contribution in [-0.2, 0) is 12.4 Å². The van der Waals surface area contributed by atoms with Gasteiger partial charge in [-0.2, -0.15) is 26.3 Å². The number of carbonyl (C=O) groups is 1.